The highest BCUT2D eigenvalue weighted by molar-refractivity contribution is 6.08. The molecule has 0 aromatic carbocycles. The summed E-state index contributed by atoms with van der Waals surface area (Å²) in [4.78, 5) is 35.8. The van der Waals surface area contributed by atoms with Crippen LogP contribution in [0.5, 0.6) is 0 Å². The van der Waals surface area contributed by atoms with Crippen molar-refractivity contribution in [2.24, 2.45) is 17.3 Å². The van der Waals surface area contributed by atoms with Gasteiger partial charge < -0.3 is 5.11 Å². The molecule has 0 radical (unpaired) electrons. The smallest absolute Gasteiger partial charge is 0.303 e. The van der Waals surface area contributed by atoms with Gasteiger partial charge in [0.25, 0.3) is 0 Å². The van der Waals surface area contributed by atoms with Crippen LogP contribution in [0.2, 0.25) is 0 Å². The zero-order valence-corrected chi connectivity index (χ0v) is 9.52. The summed E-state index contributed by atoms with van der Waals surface area (Å²) in [5.74, 6) is -1.14. The van der Waals surface area contributed by atoms with Crippen LogP contribution in [0, 0.1) is 17.3 Å². The quantitative estimate of drug-likeness (QED) is 0.728. The summed E-state index contributed by atoms with van der Waals surface area (Å²) in [6, 6.07) is 0. The normalized spacial score (nSPS) is 33.3. The lowest BCUT2D eigenvalue weighted by Gasteiger charge is -2.43. The molecule has 0 aromatic rings. The molecular formula is C12H15NO4. The number of hydrogen-bond donors (Lipinski definition) is 1. The fourth-order valence-electron chi connectivity index (χ4n) is 3.13. The number of amides is 2. The van der Waals surface area contributed by atoms with Crippen molar-refractivity contribution in [3.63, 3.8) is 0 Å². The second kappa shape index (κ2) is 3.31. The van der Waals surface area contributed by atoms with E-state index in [-0.39, 0.29) is 35.5 Å². The molecule has 1 saturated heterocycles. The van der Waals surface area contributed by atoms with Gasteiger partial charge in [-0.2, -0.15) is 0 Å². The fourth-order valence-corrected chi connectivity index (χ4v) is 3.13. The van der Waals surface area contributed by atoms with E-state index < -0.39 is 5.97 Å². The van der Waals surface area contributed by atoms with Gasteiger partial charge in [-0.15, -0.1) is 0 Å². The van der Waals surface area contributed by atoms with Crippen molar-refractivity contribution in [1.29, 1.82) is 0 Å². The number of aliphatic carboxylic acids is 1. The van der Waals surface area contributed by atoms with Gasteiger partial charge in [0.1, 0.15) is 0 Å². The number of likely N-dealkylation sites (tertiary alicyclic amines) is 1. The predicted molar refractivity (Wildman–Crippen MR) is 56.9 cm³/mol. The molecule has 17 heavy (non-hydrogen) atoms. The van der Waals surface area contributed by atoms with E-state index in [0.29, 0.717) is 13.0 Å². The van der Waals surface area contributed by atoms with Gasteiger partial charge in [-0.1, -0.05) is 6.42 Å². The largest absolute Gasteiger partial charge is 0.481 e. The maximum absolute atomic E-state index is 11.8. The monoisotopic (exact) mass is 237 g/mol. The van der Waals surface area contributed by atoms with Gasteiger partial charge in [0.15, 0.2) is 0 Å². The molecule has 2 saturated carbocycles. The van der Waals surface area contributed by atoms with Gasteiger partial charge in [0.2, 0.25) is 11.8 Å². The first-order chi connectivity index (χ1) is 8.02. The van der Waals surface area contributed by atoms with Gasteiger partial charge in [-0.3, -0.25) is 19.3 Å². The SMILES string of the molecule is O=C(O)CC1(CN2C(=O)C3CC3C2=O)CCC1. The standard InChI is InChI=1S/C12H15NO4/c14-9(15)5-12(2-1-3-12)6-13-10(16)7-4-8(7)11(13)17/h7-8H,1-6H2,(H,14,15). The Morgan fingerprint density at radius 1 is 1.29 bits per heavy atom. The zero-order chi connectivity index (χ0) is 12.2. The summed E-state index contributed by atoms with van der Waals surface area (Å²) in [6.07, 6.45) is 3.40. The predicted octanol–water partition coefficient (Wildman–Crippen LogP) is 0.636. The summed E-state index contributed by atoms with van der Waals surface area (Å²) < 4.78 is 0. The Labute approximate surface area is 98.8 Å². The number of nitrogens with zero attached hydrogens (tertiary/aromatic N) is 1. The Balaban J connectivity index is 1.71. The number of piperidine rings is 1. The highest BCUT2D eigenvalue weighted by Crippen LogP contribution is 2.51. The molecule has 2 unspecified atom stereocenters. The van der Waals surface area contributed by atoms with Crippen molar-refractivity contribution in [3.05, 3.63) is 0 Å². The van der Waals surface area contributed by atoms with E-state index in [1.165, 1.54) is 4.90 Å². The van der Waals surface area contributed by atoms with Crippen LogP contribution in [0.1, 0.15) is 32.1 Å². The molecule has 0 aromatic heterocycles. The van der Waals surface area contributed by atoms with Crippen molar-refractivity contribution < 1.29 is 19.5 Å². The van der Waals surface area contributed by atoms with Crippen molar-refractivity contribution in [2.75, 3.05) is 6.54 Å². The highest BCUT2D eigenvalue weighted by atomic mass is 16.4. The summed E-state index contributed by atoms with van der Waals surface area (Å²) in [5, 5.41) is 8.89. The molecule has 0 spiro atoms. The van der Waals surface area contributed by atoms with Crippen LogP contribution in [0.15, 0.2) is 0 Å². The molecular weight excluding hydrogens is 222 g/mol. The maximum atomic E-state index is 11.8. The first-order valence-corrected chi connectivity index (χ1v) is 6.09. The lowest BCUT2D eigenvalue weighted by Crippen LogP contribution is -2.46. The number of hydrogen-bond acceptors (Lipinski definition) is 3. The van der Waals surface area contributed by atoms with E-state index in [9.17, 15) is 14.4 Å². The van der Waals surface area contributed by atoms with Crippen molar-refractivity contribution in [3.8, 4) is 0 Å². The summed E-state index contributed by atoms with van der Waals surface area (Å²) in [5.41, 5.74) is -0.339. The van der Waals surface area contributed by atoms with Gasteiger partial charge in [0.05, 0.1) is 18.3 Å². The van der Waals surface area contributed by atoms with Crippen LogP contribution in [-0.2, 0) is 14.4 Å². The van der Waals surface area contributed by atoms with Gasteiger partial charge in [-0.05, 0) is 24.7 Å². The average Bonchev–Trinajstić information content (AvgIpc) is 2.94. The molecule has 2 aliphatic carbocycles. The van der Waals surface area contributed by atoms with Gasteiger partial charge >= 0.3 is 5.97 Å². The van der Waals surface area contributed by atoms with Crippen molar-refractivity contribution >= 4 is 17.8 Å². The molecule has 3 rings (SSSR count). The second-order valence-electron chi connectivity index (χ2n) is 5.64. The average molecular weight is 237 g/mol. The summed E-state index contributed by atoms with van der Waals surface area (Å²) in [7, 11) is 0. The number of carbonyl (C=O) groups is 3. The van der Waals surface area contributed by atoms with Crippen LogP contribution in [0.4, 0.5) is 0 Å². The van der Waals surface area contributed by atoms with Gasteiger partial charge in [0, 0.05) is 6.54 Å². The van der Waals surface area contributed by atoms with Crippen LogP contribution in [0.3, 0.4) is 0 Å². The summed E-state index contributed by atoms with van der Waals surface area (Å²) in [6.45, 7) is 0.323. The number of rotatable bonds is 4. The van der Waals surface area contributed by atoms with E-state index in [2.05, 4.69) is 0 Å². The molecule has 3 fully saturated rings. The zero-order valence-electron chi connectivity index (χ0n) is 9.52. The van der Waals surface area contributed by atoms with Crippen LogP contribution in [-0.4, -0.2) is 34.3 Å². The van der Waals surface area contributed by atoms with Crippen LogP contribution >= 0.6 is 0 Å². The Hall–Kier alpha value is -1.39. The van der Waals surface area contributed by atoms with E-state index in [4.69, 9.17) is 5.11 Å². The number of carboxylic acids is 1. The topological polar surface area (TPSA) is 74.7 Å². The van der Waals surface area contributed by atoms with E-state index in [0.717, 1.165) is 19.3 Å². The molecule has 5 heteroatoms. The first-order valence-electron chi connectivity index (χ1n) is 6.09. The molecule has 3 aliphatic rings. The number of carboxylic acid groups (broad SMARTS) is 1. The first kappa shape index (κ1) is 10.7. The molecule has 2 atom stereocenters. The van der Waals surface area contributed by atoms with Crippen LogP contribution in [0.25, 0.3) is 0 Å². The lowest BCUT2D eigenvalue weighted by atomic mass is 9.66. The molecule has 2 amide bonds. The van der Waals surface area contributed by atoms with Crippen LogP contribution < -0.4 is 0 Å². The molecule has 0 bridgehead atoms. The van der Waals surface area contributed by atoms with Gasteiger partial charge in [-0.25, -0.2) is 0 Å². The summed E-state index contributed by atoms with van der Waals surface area (Å²) >= 11 is 0. The highest BCUT2D eigenvalue weighted by Gasteiger charge is 2.60. The maximum Gasteiger partial charge on any atom is 0.303 e. The Bertz CT molecular complexity index is 393. The van der Waals surface area contributed by atoms with Crippen molar-refractivity contribution in [1.82, 2.24) is 4.90 Å². The Morgan fingerprint density at radius 3 is 2.29 bits per heavy atom. The third kappa shape index (κ3) is 1.56. The third-order valence-electron chi connectivity index (χ3n) is 4.39. The van der Waals surface area contributed by atoms with Crippen molar-refractivity contribution in [2.45, 2.75) is 32.1 Å². The molecule has 1 heterocycles. The number of carbonyl (C=O) groups excluding carboxylic acids is 2. The Kier molecular flexibility index (Phi) is 2.09. The second-order valence-corrected chi connectivity index (χ2v) is 5.64. The lowest BCUT2D eigenvalue weighted by molar-refractivity contribution is -0.149. The number of fused-ring (bicyclic) bond motifs is 1. The minimum absolute atomic E-state index is 0.0688. The molecule has 1 aliphatic heterocycles. The number of imide groups is 1. The molecule has 92 valence electrons. The minimum Gasteiger partial charge on any atom is -0.481 e. The third-order valence-corrected chi connectivity index (χ3v) is 4.39. The molecule has 5 nitrogen and oxygen atoms in total. The fraction of sp³-hybridized carbons (Fsp3) is 0.750. The van der Waals surface area contributed by atoms with E-state index >= 15 is 0 Å². The minimum atomic E-state index is -0.839. The van der Waals surface area contributed by atoms with E-state index in [1.54, 1.807) is 0 Å². The van der Waals surface area contributed by atoms with E-state index in [1.807, 2.05) is 0 Å². The Morgan fingerprint density at radius 2 is 1.88 bits per heavy atom. The molecule has 1 N–H and O–H groups in total.